The molecule has 3 spiro atoms. The molecule has 3 aliphatic carbocycles. The van der Waals surface area contributed by atoms with Crippen LogP contribution in [0.1, 0.15) is 133 Å². The van der Waals surface area contributed by atoms with Crippen LogP contribution in [0.5, 0.6) is 0 Å². The molecule has 440 valence electrons. The number of hydrogen-bond acceptors (Lipinski definition) is 7. The Morgan fingerprint density at radius 1 is 0.438 bits per heavy atom. The first-order valence-corrected chi connectivity index (χ1v) is 32.2. The Balaban J connectivity index is 0.985. The molecule has 9 aromatic rings. The molecule has 6 aliphatic rings. The van der Waals surface area contributed by atoms with Crippen molar-refractivity contribution in [3.63, 3.8) is 0 Å². The van der Waals surface area contributed by atoms with Crippen molar-refractivity contribution in [1.29, 1.82) is 0 Å². The predicted octanol–water partition coefficient (Wildman–Crippen LogP) is 19.5. The fourth-order valence-corrected chi connectivity index (χ4v) is 16.4. The van der Waals surface area contributed by atoms with Gasteiger partial charge in [-0.05, 0) is 89.2 Å². The van der Waals surface area contributed by atoms with Gasteiger partial charge in [0.2, 0.25) is 0 Å². The van der Waals surface area contributed by atoms with Crippen LogP contribution in [0.2, 0.25) is 0 Å². The van der Waals surface area contributed by atoms with Gasteiger partial charge in [0.05, 0.1) is 28.2 Å². The molecule has 0 fully saturated rings. The number of nitrogens with zero attached hydrogens (tertiary/aromatic N) is 3. The minimum absolute atomic E-state index is 0.0683. The van der Waals surface area contributed by atoms with Gasteiger partial charge in [-0.1, -0.05) is 283 Å². The van der Waals surface area contributed by atoms with Crippen LogP contribution in [0, 0.1) is 21.7 Å². The highest BCUT2D eigenvalue weighted by atomic mass is 32.1. The molecule has 1 N–H and O–H groups in total. The largest absolute Gasteiger partial charge is 0.359 e. The van der Waals surface area contributed by atoms with E-state index in [2.05, 4.69) is 312 Å². The lowest BCUT2D eigenvalue weighted by Gasteiger charge is -2.50. The van der Waals surface area contributed by atoms with E-state index >= 15 is 4.79 Å². The Morgan fingerprint density at radius 3 is 1.36 bits per heavy atom. The molecule has 2 unspecified atom stereocenters. The number of Topliss-reactive ketones (excluding diaryl/α,β-unsaturated/α-hetero) is 2. The summed E-state index contributed by atoms with van der Waals surface area (Å²) in [6.07, 6.45) is 8.92. The molecule has 0 saturated carbocycles. The molecule has 2 atom stereocenters. The van der Waals surface area contributed by atoms with Gasteiger partial charge < -0.3 is 10.2 Å². The lowest BCUT2D eigenvalue weighted by Crippen LogP contribution is -2.50. The number of hydrogen-bond donors (Lipinski definition) is 1. The van der Waals surface area contributed by atoms with Gasteiger partial charge in [0.25, 0.3) is 0 Å². The van der Waals surface area contributed by atoms with Crippen molar-refractivity contribution in [2.24, 2.45) is 31.6 Å². The number of carbonyl (C=O) groups is 2. The molecule has 15 rings (SSSR count). The SMILES string of the molecule is CC(C)(C)C1=CC2(C=C(C(C)(C)C)C1=O)c1sc(-c3ccccc3)cc1C1NC(c3ccc(C4=NC5(N=C4c4ccccc4)c4ccc6ccccc6c4-c4c(ccc6ccccc46)C54C=C(C(C)(C)C)C(=O)C(C(C)(C)C)=C4)cc3)=C(c3ccccc3)N12. The molecule has 8 aromatic carbocycles. The minimum Gasteiger partial charge on any atom is -0.359 e. The molecule has 0 bridgehead atoms. The number of aliphatic imine (C=N–C) groups is 2. The Labute approximate surface area is 527 Å². The van der Waals surface area contributed by atoms with Crippen LogP contribution in [-0.4, -0.2) is 27.9 Å². The third-order valence-corrected chi connectivity index (χ3v) is 20.7. The zero-order valence-corrected chi connectivity index (χ0v) is 53.7. The van der Waals surface area contributed by atoms with Gasteiger partial charge in [-0.3, -0.25) is 9.59 Å². The highest BCUT2D eigenvalue weighted by Crippen LogP contribution is 2.66. The van der Waals surface area contributed by atoms with E-state index in [1.807, 2.05) is 11.3 Å². The van der Waals surface area contributed by atoms with E-state index in [1.54, 1.807) is 0 Å². The first kappa shape index (κ1) is 56.5. The maximum absolute atomic E-state index is 15.4. The van der Waals surface area contributed by atoms with Gasteiger partial charge in [0.1, 0.15) is 11.7 Å². The summed E-state index contributed by atoms with van der Waals surface area (Å²) < 4.78 is 0. The van der Waals surface area contributed by atoms with E-state index in [9.17, 15) is 4.79 Å². The number of allylic oxidation sites excluding steroid dienone is 4. The summed E-state index contributed by atoms with van der Waals surface area (Å²) >= 11 is 1.83. The number of benzene rings is 8. The van der Waals surface area contributed by atoms with Crippen molar-refractivity contribution in [2.75, 3.05) is 0 Å². The maximum atomic E-state index is 15.4. The van der Waals surface area contributed by atoms with Crippen LogP contribution in [0.3, 0.4) is 0 Å². The number of rotatable bonds is 5. The van der Waals surface area contributed by atoms with Crippen LogP contribution in [0.25, 0.3) is 54.5 Å². The number of thiophene rings is 1. The molecule has 0 saturated heterocycles. The third-order valence-electron chi connectivity index (χ3n) is 19.4. The minimum atomic E-state index is -1.33. The zero-order valence-electron chi connectivity index (χ0n) is 52.9. The number of nitrogens with one attached hydrogen (secondary N) is 1. The van der Waals surface area contributed by atoms with Gasteiger partial charge in [0.15, 0.2) is 17.2 Å². The van der Waals surface area contributed by atoms with Crippen LogP contribution in [0.15, 0.2) is 251 Å². The number of fused-ring (bicyclic) bond motifs is 15. The molecular weight excluding hydrogens is 1100 g/mol. The standard InChI is InChI=1S/C82H74N4O2S/c1-76(2,3)61-45-80(46-62(72(61)87)77(4,5)6)59-42-40-49-26-22-24-34-56(49)66(59)67-57-35-25-23-27-50(57)41-43-60(67)82(80)84-68(52-30-18-14-19-31-52)69(85-82)53-36-38-54(39-37-53)70-71(55-32-20-15-21-33-55)86-75(83-70)58-44-65(51-28-16-13-17-29-51)89-74(58)81(86)47-63(78(7,8)9)73(88)64(48-81)79(10,11)12/h13-48,75,83H,1-12H3. The molecule has 1 aromatic heterocycles. The summed E-state index contributed by atoms with van der Waals surface area (Å²) in [7, 11) is 0. The molecule has 89 heavy (non-hydrogen) atoms. The van der Waals surface area contributed by atoms with Gasteiger partial charge in [0, 0.05) is 59.9 Å². The Bertz CT molecular complexity index is 4680. The summed E-state index contributed by atoms with van der Waals surface area (Å²) in [6.45, 7) is 26.0. The summed E-state index contributed by atoms with van der Waals surface area (Å²) in [6, 6.07) is 69.8. The predicted molar refractivity (Wildman–Crippen MR) is 369 cm³/mol. The maximum Gasteiger partial charge on any atom is 0.194 e. The molecule has 6 nitrogen and oxygen atoms in total. The van der Waals surface area contributed by atoms with Crippen molar-refractivity contribution in [2.45, 2.75) is 106 Å². The van der Waals surface area contributed by atoms with Gasteiger partial charge in [-0.25, -0.2) is 9.98 Å². The summed E-state index contributed by atoms with van der Waals surface area (Å²) in [5.41, 5.74) is 12.3. The lowest BCUT2D eigenvalue weighted by molar-refractivity contribution is -0.115. The first-order valence-electron chi connectivity index (χ1n) is 31.4. The summed E-state index contributed by atoms with van der Waals surface area (Å²) in [5, 5.41) is 8.74. The quantitative estimate of drug-likeness (QED) is 0.186. The van der Waals surface area contributed by atoms with Gasteiger partial charge in [-0.15, -0.1) is 11.3 Å². The fourth-order valence-electron chi connectivity index (χ4n) is 15.1. The fraction of sp³-hybridized carbons (Fsp3) is 0.244. The van der Waals surface area contributed by atoms with Crippen LogP contribution < -0.4 is 5.32 Å². The Hall–Kier alpha value is -9.04. The Morgan fingerprint density at radius 2 is 0.854 bits per heavy atom. The zero-order chi connectivity index (χ0) is 62.0. The normalized spacial score (nSPS) is 20.0. The van der Waals surface area contributed by atoms with Crippen LogP contribution >= 0.6 is 11.3 Å². The second-order valence-electron chi connectivity index (χ2n) is 29.3. The van der Waals surface area contributed by atoms with E-state index in [0.29, 0.717) is 0 Å². The highest BCUT2D eigenvalue weighted by molar-refractivity contribution is 7.16. The van der Waals surface area contributed by atoms with Crippen molar-refractivity contribution < 1.29 is 9.59 Å². The monoisotopic (exact) mass is 1180 g/mol. The summed E-state index contributed by atoms with van der Waals surface area (Å²) in [5.74, 6) is 0.185. The Kier molecular flexibility index (Phi) is 12.4. The van der Waals surface area contributed by atoms with Crippen molar-refractivity contribution in [3.8, 4) is 21.6 Å². The average molecular weight is 1180 g/mol. The van der Waals surface area contributed by atoms with Crippen LogP contribution in [0.4, 0.5) is 0 Å². The third kappa shape index (κ3) is 8.40. The molecule has 4 heterocycles. The highest BCUT2D eigenvalue weighted by Gasteiger charge is 2.62. The average Bonchev–Trinajstić information content (AvgIpc) is 1.43. The van der Waals surface area contributed by atoms with E-state index in [1.165, 1.54) is 20.9 Å². The molecule has 0 radical (unpaired) electrons. The summed E-state index contributed by atoms with van der Waals surface area (Å²) in [4.78, 5) is 47.9. The second kappa shape index (κ2) is 19.5. The van der Waals surface area contributed by atoms with Crippen molar-refractivity contribution >= 4 is 67.3 Å². The molecule has 0 amide bonds. The van der Waals surface area contributed by atoms with Crippen molar-refractivity contribution in [3.05, 3.63) is 285 Å². The number of ketones is 2. The van der Waals surface area contributed by atoms with Crippen LogP contribution in [-0.2, 0) is 26.2 Å². The van der Waals surface area contributed by atoms with Gasteiger partial charge in [-0.2, -0.15) is 0 Å². The molecular formula is C82H74N4O2S. The van der Waals surface area contributed by atoms with E-state index in [4.69, 9.17) is 9.98 Å². The van der Waals surface area contributed by atoms with Gasteiger partial charge >= 0.3 is 0 Å². The van der Waals surface area contributed by atoms with E-state index < -0.39 is 38.3 Å². The topological polar surface area (TPSA) is 74.1 Å². The molecule has 7 heteroatoms. The molecule has 3 aliphatic heterocycles. The number of carbonyl (C=O) groups excluding carboxylic acids is 2. The lowest BCUT2D eigenvalue weighted by atomic mass is 9.54. The smallest absolute Gasteiger partial charge is 0.194 e. The van der Waals surface area contributed by atoms with E-state index in [0.717, 1.165) is 111 Å². The van der Waals surface area contributed by atoms with Crippen molar-refractivity contribution in [1.82, 2.24) is 10.2 Å². The second-order valence-corrected chi connectivity index (χ2v) is 30.4. The van der Waals surface area contributed by atoms with E-state index in [-0.39, 0.29) is 17.7 Å². The first-order chi connectivity index (χ1) is 42.4.